The summed E-state index contributed by atoms with van der Waals surface area (Å²) in [5, 5.41) is 5.22. The highest BCUT2D eigenvalue weighted by molar-refractivity contribution is 7.25. The van der Waals surface area contributed by atoms with E-state index in [1.54, 1.807) is 11.3 Å². The Morgan fingerprint density at radius 1 is 0.345 bits per heavy atom. The van der Waals surface area contributed by atoms with Crippen LogP contribution in [0.2, 0.25) is 0 Å². The van der Waals surface area contributed by atoms with E-state index in [-0.39, 0.29) is 44.1 Å². The molecular formula is C47H22B7N3S. The number of thiophene rings is 1. The second-order valence-corrected chi connectivity index (χ2v) is 15.4. The molecule has 0 atom stereocenters. The summed E-state index contributed by atoms with van der Waals surface area (Å²) in [5.74, 6) is 1.05. The molecule has 11 heteroatoms. The maximum absolute atomic E-state index is 6.82. The molecule has 0 amide bonds. The zero-order valence-electron chi connectivity index (χ0n) is 31.0. The third-order valence-electron chi connectivity index (χ3n) is 11.0. The number of hydrogen-bond donors (Lipinski definition) is 0. The van der Waals surface area contributed by atoms with Crippen LogP contribution in [0.1, 0.15) is 0 Å². The van der Waals surface area contributed by atoms with Gasteiger partial charge in [0.25, 0.3) is 0 Å². The Balaban J connectivity index is 1.18. The van der Waals surface area contributed by atoms with E-state index >= 15 is 0 Å². The topological polar surface area (TPSA) is 38.7 Å². The smallest absolute Gasteiger partial charge is 0.164 e. The first-order valence-corrected chi connectivity index (χ1v) is 19.4. The molecule has 10 rings (SSSR count). The van der Waals surface area contributed by atoms with E-state index in [1.807, 2.05) is 36.4 Å². The molecular weight excluding hydrogens is 714 g/mol. The lowest BCUT2D eigenvalue weighted by Crippen LogP contribution is -2.52. The maximum atomic E-state index is 6.82. The van der Waals surface area contributed by atoms with Crippen molar-refractivity contribution in [3.05, 3.63) is 133 Å². The second-order valence-electron chi connectivity index (χ2n) is 14.3. The molecule has 8 aromatic carbocycles. The van der Waals surface area contributed by atoms with E-state index in [0.717, 1.165) is 53.6 Å². The van der Waals surface area contributed by atoms with Crippen molar-refractivity contribution in [3.8, 4) is 56.4 Å². The summed E-state index contributed by atoms with van der Waals surface area (Å²) >= 11 is 1.71. The van der Waals surface area contributed by atoms with Crippen molar-refractivity contribution in [2.45, 2.75) is 0 Å². The molecule has 0 N–H and O–H groups in total. The Morgan fingerprint density at radius 3 is 1.66 bits per heavy atom. The third kappa shape index (κ3) is 5.86. The number of aromatic nitrogens is 3. The number of nitrogens with zero attached hydrogens (tertiary/aromatic N) is 3. The molecule has 0 unspecified atom stereocenters. The van der Waals surface area contributed by atoms with Gasteiger partial charge >= 0.3 is 0 Å². The van der Waals surface area contributed by atoms with Gasteiger partial charge in [-0.3, -0.25) is 0 Å². The standard InChI is InChI=1S/C47H22B7N3S/c48-38-35-36(40(50)44(54)43(38)53)39(49)42(52)41(51)37(35)47-56-45(55-46(57-47)31-12-6-14-33-34(31)30-11-3-4-13-32(30)58-33)29-10-5-9-27(22-29)24-15-17-25(18-16-24)28-20-19-23-7-1-2-8-26(23)21-28/h1-22H. The SMILES string of the molecule is [B]c1c([B])c([B])c2c(-c3nc(-c4cccc(-c5ccc(-c6ccc7ccccc7c6)cc5)c4)nc(-c4cccc5sc6ccccc6c45)n3)c([B])c([B])c([B])c2c1[B]. The summed E-state index contributed by atoms with van der Waals surface area (Å²) in [5.41, 5.74) is 7.03. The summed E-state index contributed by atoms with van der Waals surface area (Å²) in [4.78, 5) is 15.4. The molecule has 0 saturated carbocycles. The van der Waals surface area contributed by atoms with Gasteiger partial charge in [-0.25, -0.2) is 15.0 Å². The monoisotopic (exact) mass is 737 g/mol. The van der Waals surface area contributed by atoms with Crippen LogP contribution in [0.15, 0.2) is 133 Å². The van der Waals surface area contributed by atoms with Crippen molar-refractivity contribution in [1.82, 2.24) is 15.0 Å². The summed E-state index contributed by atoms with van der Waals surface area (Å²) in [7, 11) is 45.9. The van der Waals surface area contributed by atoms with Gasteiger partial charge in [-0.1, -0.05) is 131 Å². The van der Waals surface area contributed by atoms with Crippen LogP contribution in [-0.2, 0) is 0 Å². The summed E-state index contributed by atoms with van der Waals surface area (Å²) in [6.45, 7) is 0. The van der Waals surface area contributed by atoms with Crippen molar-refractivity contribution >= 4 is 146 Å². The van der Waals surface area contributed by atoms with Gasteiger partial charge in [-0.2, -0.15) is 0 Å². The second kappa shape index (κ2) is 14.1. The molecule has 58 heavy (non-hydrogen) atoms. The highest BCUT2D eigenvalue weighted by Gasteiger charge is 2.23. The molecule has 0 saturated heterocycles. The fraction of sp³-hybridized carbons (Fsp3) is 0. The first kappa shape index (κ1) is 36.3. The first-order valence-electron chi connectivity index (χ1n) is 18.6. The number of fused-ring (bicyclic) bond motifs is 5. The minimum absolute atomic E-state index is 0.0955. The van der Waals surface area contributed by atoms with Crippen molar-refractivity contribution in [2.75, 3.05) is 0 Å². The van der Waals surface area contributed by atoms with Gasteiger partial charge in [0.15, 0.2) is 17.5 Å². The summed E-state index contributed by atoms with van der Waals surface area (Å²) < 4.78 is 2.25. The normalized spacial score (nSPS) is 11.6. The highest BCUT2D eigenvalue weighted by atomic mass is 32.1. The molecule has 14 radical (unpaired) electrons. The minimum atomic E-state index is 0.0955. The van der Waals surface area contributed by atoms with Gasteiger partial charge < -0.3 is 0 Å². The molecule has 0 aliphatic rings. The Bertz CT molecular complexity index is 3320. The van der Waals surface area contributed by atoms with E-state index in [0.29, 0.717) is 28.0 Å². The molecule has 0 fully saturated rings. The van der Waals surface area contributed by atoms with Gasteiger partial charge in [0.2, 0.25) is 0 Å². The quantitative estimate of drug-likeness (QED) is 0.246. The van der Waals surface area contributed by atoms with Crippen LogP contribution < -0.4 is 38.2 Å². The molecule has 0 bridgehead atoms. The first-order chi connectivity index (χ1) is 28.2. The number of hydrogen-bond acceptors (Lipinski definition) is 4. The lowest BCUT2D eigenvalue weighted by Gasteiger charge is -2.25. The molecule has 0 spiro atoms. The van der Waals surface area contributed by atoms with Gasteiger partial charge in [-0.05, 0) is 68.1 Å². The predicted molar refractivity (Wildman–Crippen MR) is 253 cm³/mol. The Labute approximate surface area is 349 Å². The fourth-order valence-corrected chi connectivity index (χ4v) is 9.04. The van der Waals surface area contributed by atoms with Crippen LogP contribution in [0.3, 0.4) is 0 Å². The van der Waals surface area contributed by atoms with Gasteiger partial charge in [0.1, 0.15) is 54.9 Å². The highest BCUT2D eigenvalue weighted by Crippen LogP contribution is 2.40. The van der Waals surface area contributed by atoms with E-state index in [9.17, 15) is 0 Å². The Hall–Kier alpha value is -6.04. The van der Waals surface area contributed by atoms with Crippen LogP contribution in [-0.4, -0.2) is 69.9 Å². The predicted octanol–water partition coefficient (Wildman–Crippen LogP) is 4.44. The molecule has 252 valence electrons. The van der Waals surface area contributed by atoms with Crippen molar-refractivity contribution in [2.24, 2.45) is 0 Å². The van der Waals surface area contributed by atoms with Crippen molar-refractivity contribution in [3.63, 3.8) is 0 Å². The number of rotatable bonds is 5. The summed E-state index contributed by atoms with van der Waals surface area (Å²) in [6, 6.07) is 46.0. The van der Waals surface area contributed by atoms with Gasteiger partial charge in [0.05, 0.1) is 0 Å². The Kier molecular flexibility index (Phi) is 8.83. The molecule has 2 aromatic heterocycles. The van der Waals surface area contributed by atoms with E-state index < -0.39 is 0 Å². The fourth-order valence-electron chi connectivity index (χ4n) is 7.91. The molecule has 2 heterocycles. The molecule has 10 aromatic rings. The van der Waals surface area contributed by atoms with Gasteiger partial charge in [-0.15, -0.1) is 27.7 Å². The maximum Gasteiger partial charge on any atom is 0.164 e. The third-order valence-corrected chi connectivity index (χ3v) is 12.1. The lowest BCUT2D eigenvalue weighted by atomic mass is 9.59. The lowest BCUT2D eigenvalue weighted by molar-refractivity contribution is 1.08. The van der Waals surface area contributed by atoms with Crippen LogP contribution >= 0.6 is 11.3 Å². The average Bonchev–Trinajstić information content (AvgIpc) is 3.65. The van der Waals surface area contributed by atoms with Crippen LogP contribution in [0.25, 0.3) is 98.1 Å². The Morgan fingerprint density at radius 2 is 0.897 bits per heavy atom. The van der Waals surface area contributed by atoms with Crippen LogP contribution in [0.5, 0.6) is 0 Å². The van der Waals surface area contributed by atoms with Crippen molar-refractivity contribution < 1.29 is 0 Å². The molecule has 0 aliphatic heterocycles. The van der Waals surface area contributed by atoms with E-state index in [4.69, 9.17) is 69.9 Å². The van der Waals surface area contributed by atoms with E-state index in [2.05, 4.69) is 97.1 Å². The van der Waals surface area contributed by atoms with Crippen molar-refractivity contribution in [1.29, 1.82) is 0 Å². The zero-order chi connectivity index (χ0) is 39.8. The minimum Gasteiger partial charge on any atom is -0.208 e. The molecule has 0 aliphatic carbocycles. The van der Waals surface area contributed by atoms with E-state index in [1.165, 1.54) is 10.8 Å². The van der Waals surface area contributed by atoms with Crippen LogP contribution in [0, 0.1) is 0 Å². The average molecular weight is 736 g/mol. The van der Waals surface area contributed by atoms with Crippen LogP contribution in [0.4, 0.5) is 0 Å². The number of benzene rings is 8. The molecule has 3 nitrogen and oxygen atoms in total. The largest absolute Gasteiger partial charge is 0.208 e. The van der Waals surface area contributed by atoms with Gasteiger partial charge in [0, 0.05) is 36.9 Å². The summed E-state index contributed by atoms with van der Waals surface area (Å²) in [6.07, 6.45) is 0. The zero-order valence-corrected chi connectivity index (χ0v) is 31.8.